The summed E-state index contributed by atoms with van der Waals surface area (Å²) in [6.07, 6.45) is 1.45. The molecule has 3 amide bonds. The monoisotopic (exact) mass is 425 g/mol. The van der Waals surface area contributed by atoms with Crippen molar-refractivity contribution in [1.82, 2.24) is 14.8 Å². The number of amides is 3. The van der Waals surface area contributed by atoms with E-state index < -0.39 is 11.8 Å². The molecular formula is C24H19N5O3. The van der Waals surface area contributed by atoms with E-state index in [0.29, 0.717) is 40.2 Å². The highest BCUT2D eigenvalue weighted by Crippen LogP contribution is 2.34. The van der Waals surface area contributed by atoms with Gasteiger partial charge >= 0.3 is 0 Å². The first-order valence-corrected chi connectivity index (χ1v) is 10.1. The zero-order chi connectivity index (χ0) is 22.4. The van der Waals surface area contributed by atoms with Gasteiger partial charge in [-0.25, -0.2) is 14.6 Å². The second-order valence-electron chi connectivity index (χ2n) is 7.65. The quantitative estimate of drug-likeness (QED) is 0.505. The number of aryl methyl sites for hydroxylation is 1. The van der Waals surface area contributed by atoms with Crippen molar-refractivity contribution in [2.75, 3.05) is 10.2 Å². The van der Waals surface area contributed by atoms with E-state index in [0.717, 1.165) is 10.5 Å². The molecule has 158 valence electrons. The molecule has 3 heterocycles. The molecule has 2 aromatic carbocycles. The van der Waals surface area contributed by atoms with Crippen LogP contribution < -0.4 is 10.2 Å². The number of nitrogens with one attached hydrogen (secondary N) is 1. The molecule has 0 unspecified atom stereocenters. The molecule has 1 aliphatic rings. The minimum Gasteiger partial charge on any atom is -0.326 e. The Bertz CT molecular complexity index is 1390. The number of imide groups is 1. The first-order chi connectivity index (χ1) is 15.4. The van der Waals surface area contributed by atoms with Crippen molar-refractivity contribution in [2.45, 2.75) is 20.4 Å². The van der Waals surface area contributed by atoms with Crippen molar-refractivity contribution in [3.8, 4) is 0 Å². The van der Waals surface area contributed by atoms with Gasteiger partial charge in [0.15, 0.2) is 5.65 Å². The topological polar surface area (TPSA) is 97.2 Å². The van der Waals surface area contributed by atoms with E-state index >= 15 is 0 Å². The maximum Gasteiger partial charge on any atom is 0.267 e. The van der Waals surface area contributed by atoms with Gasteiger partial charge in [0, 0.05) is 18.8 Å². The summed E-state index contributed by atoms with van der Waals surface area (Å²) in [5.41, 5.74) is 3.85. The van der Waals surface area contributed by atoms with Crippen LogP contribution in [0.5, 0.6) is 0 Å². The van der Waals surface area contributed by atoms with Gasteiger partial charge in [0.25, 0.3) is 11.8 Å². The molecule has 0 bridgehead atoms. The number of benzene rings is 2. The zero-order valence-electron chi connectivity index (χ0n) is 17.5. The number of hydrogen-bond donors (Lipinski definition) is 1. The number of rotatable bonds is 4. The van der Waals surface area contributed by atoms with Crippen molar-refractivity contribution in [3.63, 3.8) is 0 Å². The fourth-order valence-corrected chi connectivity index (χ4v) is 4.03. The van der Waals surface area contributed by atoms with Crippen LogP contribution in [0.2, 0.25) is 0 Å². The first-order valence-electron chi connectivity index (χ1n) is 10.1. The number of anilines is 2. The number of pyridine rings is 1. The fourth-order valence-electron chi connectivity index (χ4n) is 4.03. The predicted molar refractivity (Wildman–Crippen MR) is 120 cm³/mol. The average Bonchev–Trinajstić information content (AvgIpc) is 3.22. The first kappa shape index (κ1) is 19.6. The summed E-state index contributed by atoms with van der Waals surface area (Å²) in [4.78, 5) is 43.3. The third-order valence-corrected chi connectivity index (χ3v) is 5.41. The van der Waals surface area contributed by atoms with Crippen LogP contribution >= 0.6 is 0 Å². The Morgan fingerprint density at radius 2 is 1.72 bits per heavy atom. The molecule has 8 heteroatoms. The van der Waals surface area contributed by atoms with E-state index in [1.165, 1.54) is 13.1 Å². The second-order valence-corrected chi connectivity index (χ2v) is 7.65. The zero-order valence-corrected chi connectivity index (χ0v) is 17.5. The molecule has 0 saturated heterocycles. The van der Waals surface area contributed by atoms with E-state index in [1.54, 1.807) is 28.9 Å². The van der Waals surface area contributed by atoms with Gasteiger partial charge < -0.3 is 5.32 Å². The van der Waals surface area contributed by atoms with Crippen LogP contribution in [0.1, 0.15) is 38.9 Å². The third-order valence-electron chi connectivity index (χ3n) is 5.41. The minimum atomic E-state index is -0.429. The number of nitrogens with zero attached hydrogens (tertiary/aromatic N) is 4. The van der Waals surface area contributed by atoms with Gasteiger partial charge in [-0.1, -0.05) is 30.3 Å². The molecule has 2 aromatic heterocycles. The summed E-state index contributed by atoms with van der Waals surface area (Å²) < 4.78 is 1.75. The summed E-state index contributed by atoms with van der Waals surface area (Å²) in [6, 6.07) is 16.4. The smallest absolute Gasteiger partial charge is 0.267 e. The fraction of sp³-hybridized carbons (Fsp3) is 0.125. The molecule has 5 rings (SSSR count). The second kappa shape index (κ2) is 7.42. The van der Waals surface area contributed by atoms with Crippen LogP contribution in [-0.2, 0) is 11.3 Å². The van der Waals surface area contributed by atoms with Crippen molar-refractivity contribution in [3.05, 3.63) is 83.2 Å². The third kappa shape index (κ3) is 3.13. The Kier molecular flexibility index (Phi) is 4.55. The summed E-state index contributed by atoms with van der Waals surface area (Å²) in [5, 5.41) is 7.85. The Morgan fingerprint density at radius 3 is 2.41 bits per heavy atom. The summed E-state index contributed by atoms with van der Waals surface area (Å²) in [7, 11) is 0. The average molecular weight is 425 g/mol. The number of carbonyl (C=O) groups excluding carboxylic acids is 3. The van der Waals surface area contributed by atoms with Crippen molar-refractivity contribution < 1.29 is 14.4 Å². The maximum atomic E-state index is 13.4. The highest BCUT2D eigenvalue weighted by Gasteiger charge is 2.39. The van der Waals surface area contributed by atoms with Crippen LogP contribution in [-0.4, -0.2) is 32.5 Å². The molecule has 4 aromatic rings. The van der Waals surface area contributed by atoms with E-state index in [1.807, 2.05) is 37.3 Å². The highest BCUT2D eigenvalue weighted by atomic mass is 16.2. The molecule has 32 heavy (non-hydrogen) atoms. The molecule has 8 nitrogen and oxygen atoms in total. The minimum absolute atomic E-state index is 0.199. The lowest BCUT2D eigenvalue weighted by Crippen LogP contribution is -2.29. The summed E-state index contributed by atoms with van der Waals surface area (Å²) >= 11 is 0. The molecule has 0 saturated carbocycles. The summed E-state index contributed by atoms with van der Waals surface area (Å²) in [5.74, 6) is -1.04. The lowest BCUT2D eigenvalue weighted by atomic mass is 10.1. The number of aromatic nitrogens is 3. The van der Waals surface area contributed by atoms with E-state index in [9.17, 15) is 14.4 Å². The van der Waals surface area contributed by atoms with Crippen molar-refractivity contribution in [2.24, 2.45) is 0 Å². The van der Waals surface area contributed by atoms with Crippen LogP contribution in [0.25, 0.3) is 11.0 Å². The normalized spacial score (nSPS) is 13.0. The van der Waals surface area contributed by atoms with Gasteiger partial charge in [-0.05, 0) is 36.8 Å². The van der Waals surface area contributed by atoms with Gasteiger partial charge in [-0.15, -0.1) is 0 Å². The standard InChI is InChI=1S/C24H19N5O3/c1-14-20-21-19(12-25-22(20)28(27-14)13-16-6-4-3-5-7-16)23(31)29(24(21)32)18-10-8-17(9-11-18)26-15(2)30/h3-12H,13H2,1-2H3,(H,26,30). The maximum absolute atomic E-state index is 13.4. The Morgan fingerprint density at radius 1 is 1.00 bits per heavy atom. The molecule has 1 N–H and O–H groups in total. The van der Waals surface area contributed by atoms with Gasteiger partial charge in [0.05, 0.1) is 34.4 Å². The van der Waals surface area contributed by atoms with Gasteiger partial charge in [-0.3, -0.25) is 14.4 Å². The van der Waals surface area contributed by atoms with Crippen molar-refractivity contribution in [1.29, 1.82) is 0 Å². The Balaban J connectivity index is 1.55. The van der Waals surface area contributed by atoms with Crippen LogP contribution in [0.3, 0.4) is 0 Å². The molecule has 0 aliphatic carbocycles. The molecule has 0 spiro atoms. The van der Waals surface area contributed by atoms with Gasteiger partial charge in [-0.2, -0.15) is 5.10 Å². The molecule has 0 radical (unpaired) electrons. The van der Waals surface area contributed by atoms with Crippen molar-refractivity contribution >= 4 is 40.1 Å². The number of hydrogen-bond acceptors (Lipinski definition) is 5. The Labute approximate surface area is 183 Å². The summed E-state index contributed by atoms with van der Waals surface area (Å²) in [6.45, 7) is 3.73. The molecule has 0 atom stereocenters. The van der Waals surface area contributed by atoms with Gasteiger partial charge in [0.2, 0.25) is 5.91 Å². The lowest BCUT2D eigenvalue weighted by molar-refractivity contribution is -0.114. The highest BCUT2D eigenvalue weighted by molar-refractivity contribution is 6.37. The largest absolute Gasteiger partial charge is 0.326 e. The predicted octanol–water partition coefficient (Wildman–Crippen LogP) is 3.55. The van der Waals surface area contributed by atoms with Crippen LogP contribution in [0, 0.1) is 6.92 Å². The van der Waals surface area contributed by atoms with E-state index in [4.69, 9.17) is 0 Å². The SMILES string of the molecule is CC(=O)Nc1ccc(N2C(=O)c3cnc4c(c(C)nn4Cc4ccccc4)c3C2=O)cc1. The molecular weight excluding hydrogens is 406 g/mol. The molecule has 1 aliphatic heterocycles. The number of carbonyl (C=O) groups is 3. The molecule has 0 fully saturated rings. The Hall–Kier alpha value is -4.33. The number of fused-ring (bicyclic) bond motifs is 3. The van der Waals surface area contributed by atoms with Gasteiger partial charge in [0.1, 0.15) is 0 Å². The van der Waals surface area contributed by atoms with E-state index in [-0.39, 0.29) is 11.5 Å². The lowest BCUT2D eigenvalue weighted by Gasteiger charge is -2.14. The van der Waals surface area contributed by atoms with E-state index in [2.05, 4.69) is 15.4 Å². The van der Waals surface area contributed by atoms with Crippen LogP contribution in [0.4, 0.5) is 11.4 Å². The van der Waals surface area contributed by atoms with Crippen LogP contribution in [0.15, 0.2) is 60.8 Å².